The molecule has 0 aliphatic carbocycles. The number of aromatic nitrogens is 1. The number of hydrogen-bond donors (Lipinski definition) is 3. The van der Waals surface area contributed by atoms with E-state index < -0.39 is 0 Å². The Balaban J connectivity index is 1.89. The summed E-state index contributed by atoms with van der Waals surface area (Å²) in [5, 5.41) is 1.31. The molecule has 0 atom stereocenters. The molecule has 0 aliphatic heterocycles. The molecule has 0 spiro atoms. The standard InChI is InChI=1S/C13H18N4/c14-13(15)16-8-4-3-5-10-9-17-12-7-2-1-6-11(10)12/h1-2,6-7,9,17H,3-5,8H2,(H4,14,15,16). The number of aliphatic imine (C=N–C) groups is 1. The van der Waals surface area contributed by atoms with Gasteiger partial charge in [0, 0.05) is 23.6 Å². The van der Waals surface area contributed by atoms with Gasteiger partial charge in [0.25, 0.3) is 0 Å². The van der Waals surface area contributed by atoms with Crippen molar-refractivity contribution in [2.24, 2.45) is 16.5 Å². The number of nitrogens with two attached hydrogens (primary N) is 2. The topological polar surface area (TPSA) is 80.2 Å². The van der Waals surface area contributed by atoms with E-state index in [2.05, 4.69) is 34.4 Å². The normalized spacial score (nSPS) is 10.6. The van der Waals surface area contributed by atoms with E-state index >= 15 is 0 Å². The number of aryl methyl sites for hydroxylation is 1. The van der Waals surface area contributed by atoms with Crippen molar-refractivity contribution in [1.29, 1.82) is 0 Å². The fraction of sp³-hybridized carbons (Fsp3) is 0.308. The summed E-state index contributed by atoms with van der Waals surface area (Å²) in [6, 6.07) is 8.36. The van der Waals surface area contributed by atoms with Gasteiger partial charge in [-0.15, -0.1) is 0 Å². The van der Waals surface area contributed by atoms with Crippen LogP contribution in [0.3, 0.4) is 0 Å². The average Bonchev–Trinajstić information content (AvgIpc) is 2.72. The van der Waals surface area contributed by atoms with Crippen LogP contribution in [0.1, 0.15) is 18.4 Å². The Bertz CT molecular complexity index is 509. The predicted molar refractivity (Wildman–Crippen MR) is 71.9 cm³/mol. The number of aromatic amines is 1. The van der Waals surface area contributed by atoms with Crippen LogP contribution in [-0.4, -0.2) is 17.5 Å². The number of unbranched alkanes of at least 4 members (excludes halogenated alkanes) is 1. The zero-order valence-corrected chi connectivity index (χ0v) is 9.82. The summed E-state index contributed by atoms with van der Waals surface area (Å²) in [5.41, 5.74) is 13.1. The number of H-pyrrole nitrogens is 1. The predicted octanol–water partition coefficient (Wildman–Crippen LogP) is 1.76. The molecule has 0 aliphatic rings. The molecule has 1 aromatic carbocycles. The first-order valence-electron chi connectivity index (χ1n) is 5.88. The van der Waals surface area contributed by atoms with Gasteiger partial charge in [-0.05, 0) is 30.9 Å². The van der Waals surface area contributed by atoms with E-state index in [9.17, 15) is 0 Å². The second-order valence-corrected chi connectivity index (χ2v) is 4.12. The van der Waals surface area contributed by atoms with E-state index in [1.165, 1.54) is 16.5 Å². The molecule has 5 N–H and O–H groups in total. The molecule has 0 bridgehead atoms. The molecule has 0 fully saturated rings. The molecule has 90 valence electrons. The van der Waals surface area contributed by atoms with Gasteiger partial charge in [-0.2, -0.15) is 0 Å². The van der Waals surface area contributed by atoms with Crippen molar-refractivity contribution in [2.45, 2.75) is 19.3 Å². The quantitative estimate of drug-likeness (QED) is 0.415. The Morgan fingerprint density at radius 3 is 2.82 bits per heavy atom. The van der Waals surface area contributed by atoms with E-state index in [4.69, 9.17) is 11.5 Å². The van der Waals surface area contributed by atoms with E-state index in [0.717, 1.165) is 19.3 Å². The summed E-state index contributed by atoms with van der Waals surface area (Å²) in [5.74, 6) is 0.178. The number of hydrogen-bond acceptors (Lipinski definition) is 1. The molecule has 1 aromatic heterocycles. The number of para-hydroxylation sites is 1. The van der Waals surface area contributed by atoms with Crippen LogP contribution in [0.4, 0.5) is 0 Å². The molecule has 0 saturated carbocycles. The molecule has 0 unspecified atom stereocenters. The van der Waals surface area contributed by atoms with Gasteiger partial charge in [-0.3, -0.25) is 4.99 Å². The monoisotopic (exact) mass is 230 g/mol. The van der Waals surface area contributed by atoms with Gasteiger partial charge in [0.15, 0.2) is 5.96 Å². The molecule has 1 heterocycles. The SMILES string of the molecule is NC(N)=NCCCCc1c[nH]c2ccccc12. The second kappa shape index (κ2) is 5.39. The van der Waals surface area contributed by atoms with E-state index in [1.54, 1.807) is 0 Å². The highest BCUT2D eigenvalue weighted by Crippen LogP contribution is 2.19. The minimum Gasteiger partial charge on any atom is -0.370 e. The molecule has 0 radical (unpaired) electrons. The largest absolute Gasteiger partial charge is 0.370 e. The Kier molecular flexibility index (Phi) is 3.65. The minimum atomic E-state index is 0.178. The first kappa shape index (κ1) is 11.5. The van der Waals surface area contributed by atoms with Crippen LogP contribution >= 0.6 is 0 Å². The van der Waals surface area contributed by atoms with Crippen molar-refractivity contribution in [1.82, 2.24) is 4.98 Å². The van der Waals surface area contributed by atoms with Crippen molar-refractivity contribution in [3.8, 4) is 0 Å². The summed E-state index contributed by atoms with van der Waals surface area (Å²) in [6.07, 6.45) is 5.26. The van der Waals surface area contributed by atoms with Crippen LogP contribution in [0.2, 0.25) is 0 Å². The van der Waals surface area contributed by atoms with Crippen molar-refractivity contribution < 1.29 is 0 Å². The highest BCUT2D eigenvalue weighted by molar-refractivity contribution is 5.83. The molecule has 2 rings (SSSR count). The molecular formula is C13H18N4. The average molecular weight is 230 g/mol. The van der Waals surface area contributed by atoms with E-state index in [0.29, 0.717) is 6.54 Å². The van der Waals surface area contributed by atoms with E-state index in [-0.39, 0.29) is 5.96 Å². The molecule has 2 aromatic rings. The lowest BCUT2D eigenvalue weighted by molar-refractivity contribution is 0.747. The fourth-order valence-corrected chi connectivity index (χ4v) is 1.97. The maximum absolute atomic E-state index is 5.27. The summed E-state index contributed by atoms with van der Waals surface area (Å²) in [7, 11) is 0. The Hall–Kier alpha value is -1.97. The Labute approximate surface area is 101 Å². The number of benzene rings is 1. The number of fused-ring (bicyclic) bond motifs is 1. The zero-order chi connectivity index (χ0) is 12.1. The lowest BCUT2D eigenvalue weighted by Crippen LogP contribution is -2.22. The smallest absolute Gasteiger partial charge is 0.185 e. The lowest BCUT2D eigenvalue weighted by Gasteiger charge is -1.98. The third-order valence-corrected chi connectivity index (χ3v) is 2.82. The number of nitrogens with zero attached hydrogens (tertiary/aromatic N) is 1. The highest BCUT2D eigenvalue weighted by atomic mass is 15.0. The number of rotatable bonds is 5. The number of guanidine groups is 1. The lowest BCUT2D eigenvalue weighted by atomic mass is 10.1. The van der Waals surface area contributed by atoms with Crippen molar-refractivity contribution in [3.63, 3.8) is 0 Å². The van der Waals surface area contributed by atoms with Gasteiger partial charge in [-0.25, -0.2) is 0 Å². The van der Waals surface area contributed by atoms with Crippen LogP contribution in [-0.2, 0) is 6.42 Å². The van der Waals surface area contributed by atoms with Crippen molar-refractivity contribution in [3.05, 3.63) is 36.0 Å². The maximum Gasteiger partial charge on any atom is 0.185 e. The minimum absolute atomic E-state index is 0.178. The Morgan fingerprint density at radius 2 is 2.00 bits per heavy atom. The van der Waals surface area contributed by atoms with Crippen LogP contribution < -0.4 is 11.5 Å². The van der Waals surface area contributed by atoms with Gasteiger partial charge in [0.1, 0.15) is 0 Å². The molecule has 4 heteroatoms. The summed E-state index contributed by atoms with van der Waals surface area (Å²) in [6.45, 7) is 0.713. The number of nitrogens with one attached hydrogen (secondary N) is 1. The zero-order valence-electron chi connectivity index (χ0n) is 9.82. The van der Waals surface area contributed by atoms with Crippen LogP contribution in [0.15, 0.2) is 35.5 Å². The van der Waals surface area contributed by atoms with Crippen LogP contribution in [0, 0.1) is 0 Å². The first-order chi connectivity index (χ1) is 8.27. The molecule has 0 saturated heterocycles. The molecule has 0 amide bonds. The third kappa shape index (κ3) is 3.00. The maximum atomic E-state index is 5.27. The molecular weight excluding hydrogens is 212 g/mol. The van der Waals surface area contributed by atoms with Gasteiger partial charge >= 0.3 is 0 Å². The highest BCUT2D eigenvalue weighted by Gasteiger charge is 2.01. The first-order valence-corrected chi connectivity index (χ1v) is 5.88. The van der Waals surface area contributed by atoms with Crippen molar-refractivity contribution >= 4 is 16.9 Å². The summed E-state index contributed by atoms with van der Waals surface area (Å²) >= 11 is 0. The third-order valence-electron chi connectivity index (χ3n) is 2.82. The van der Waals surface area contributed by atoms with Gasteiger partial charge in [-0.1, -0.05) is 18.2 Å². The summed E-state index contributed by atoms with van der Waals surface area (Å²) < 4.78 is 0. The Morgan fingerprint density at radius 1 is 1.18 bits per heavy atom. The van der Waals surface area contributed by atoms with Gasteiger partial charge < -0.3 is 16.5 Å². The van der Waals surface area contributed by atoms with Crippen LogP contribution in [0.25, 0.3) is 10.9 Å². The second-order valence-electron chi connectivity index (χ2n) is 4.12. The van der Waals surface area contributed by atoms with Gasteiger partial charge in [0.05, 0.1) is 0 Å². The van der Waals surface area contributed by atoms with Crippen LogP contribution in [0.5, 0.6) is 0 Å². The van der Waals surface area contributed by atoms with Gasteiger partial charge in [0.2, 0.25) is 0 Å². The fourth-order valence-electron chi connectivity index (χ4n) is 1.97. The molecule has 4 nitrogen and oxygen atoms in total. The molecule has 17 heavy (non-hydrogen) atoms. The van der Waals surface area contributed by atoms with Crippen molar-refractivity contribution in [2.75, 3.05) is 6.54 Å². The summed E-state index contributed by atoms with van der Waals surface area (Å²) in [4.78, 5) is 7.25. The van der Waals surface area contributed by atoms with E-state index in [1.807, 2.05) is 6.07 Å².